The highest BCUT2D eigenvalue weighted by Gasteiger charge is 2.45. The van der Waals surface area contributed by atoms with Crippen LogP contribution in [0.2, 0.25) is 0 Å². The van der Waals surface area contributed by atoms with Crippen LogP contribution in [0.5, 0.6) is 0 Å². The summed E-state index contributed by atoms with van der Waals surface area (Å²) in [7, 11) is -3.61. The second-order valence-electron chi connectivity index (χ2n) is 15.2. The van der Waals surface area contributed by atoms with Crippen molar-refractivity contribution < 1.29 is 23.1 Å². The summed E-state index contributed by atoms with van der Waals surface area (Å²) in [5.41, 5.74) is 0.567. The molecular weight excluding hydrogens is 576 g/mol. The van der Waals surface area contributed by atoms with E-state index in [1.807, 2.05) is 65.0 Å². The summed E-state index contributed by atoms with van der Waals surface area (Å²) >= 11 is 0. The summed E-state index contributed by atoms with van der Waals surface area (Å²) < 4.78 is 24.3. The summed E-state index contributed by atoms with van der Waals surface area (Å²) in [4.78, 5) is 29.6. The number of carbonyl (C=O) groups is 2. The van der Waals surface area contributed by atoms with Crippen LogP contribution >= 0.6 is 0 Å². The molecule has 2 fully saturated rings. The molecule has 1 aliphatic heterocycles. The number of likely N-dealkylation sites (tertiary alicyclic amines) is 1. The quantitative estimate of drug-likeness (QED) is 0.262. The zero-order valence-corrected chi connectivity index (χ0v) is 29.0. The van der Waals surface area contributed by atoms with Crippen molar-refractivity contribution in [2.45, 2.75) is 122 Å². The van der Waals surface area contributed by atoms with Crippen molar-refractivity contribution in [3.05, 3.63) is 35.9 Å². The smallest absolute Gasteiger partial charge is 0.239 e. The highest BCUT2D eigenvalue weighted by atomic mass is 32.2. The molecule has 0 radical (unpaired) electrons. The van der Waals surface area contributed by atoms with Gasteiger partial charge in [0, 0.05) is 24.9 Å². The summed E-state index contributed by atoms with van der Waals surface area (Å²) in [6.45, 7) is 14.5. The normalized spacial score (nSPS) is 23.8. The number of aliphatic hydroxyl groups is 1. The molecule has 250 valence electrons. The predicted octanol–water partition coefficient (Wildman–Crippen LogP) is 3.31. The number of β-amino-alcohol motifs (C(OH)–C–C–N with tert-alkyl or cyclic N) is 1. The van der Waals surface area contributed by atoms with E-state index >= 15 is 0 Å². The first-order valence-electron chi connectivity index (χ1n) is 16.4. The van der Waals surface area contributed by atoms with Crippen LogP contribution in [0.15, 0.2) is 30.3 Å². The van der Waals surface area contributed by atoms with Gasteiger partial charge in [-0.15, -0.1) is 0 Å². The first-order valence-corrected chi connectivity index (χ1v) is 18.3. The van der Waals surface area contributed by atoms with Gasteiger partial charge in [-0.05, 0) is 83.7 Å². The molecule has 1 saturated heterocycles. The lowest BCUT2D eigenvalue weighted by molar-refractivity contribution is -0.133. The average molecular weight is 635 g/mol. The second-order valence-corrected chi connectivity index (χ2v) is 17.8. The summed E-state index contributed by atoms with van der Waals surface area (Å²) in [5, 5.41) is 21.2. The van der Waals surface area contributed by atoms with Crippen molar-refractivity contribution in [3.8, 4) is 0 Å². The number of rotatable bonds is 13. The average Bonchev–Trinajstić information content (AvgIpc) is 2.91. The number of hydrogen-bond acceptors (Lipinski definition) is 7. The molecular formula is C34H58N4O5S. The van der Waals surface area contributed by atoms with Crippen molar-refractivity contribution in [2.75, 3.05) is 25.9 Å². The van der Waals surface area contributed by atoms with Crippen LogP contribution < -0.4 is 16.0 Å². The van der Waals surface area contributed by atoms with E-state index in [0.29, 0.717) is 24.8 Å². The predicted molar refractivity (Wildman–Crippen MR) is 177 cm³/mol. The number of sulfone groups is 1. The van der Waals surface area contributed by atoms with Crippen molar-refractivity contribution in [1.82, 2.24) is 20.9 Å². The lowest BCUT2D eigenvalue weighted by Crippen LogP contribution is -2.63. The number of fused-ring (bicyclic) bond motifs is 1. The van der Waals surface area contributed by atoms with Gasteiger partial charge in [0.1, 0.15) is 6.04 Å². The second kappa shape index (κ2) is 15.1. The van der Waals surface area contributed by atoms with Gasteiger partial charge in [-0.1, -0.05) is 63.4 Å². The number of piperidine rings is 1. The van der Waals surface area contributed by atoms with Crippen LogP contribution in [-0.4, -0.2) is 90.6 Å². The third-order valence-electron chi connectivity index (χ3n) is 9.46. The van der Waals surface area contributed by atoms with Crippen molar-refractivity contribution in [2.24, 2.45) is 17.8 Å². The number of nitrogens with zero attached hydrogens (tertiary/aromatic N) is 1. The van der Waals surface area contributed by atoms with Gasteiger partial charge in [0.25, 0.3) is 0 Å². The zero-order chi connectivity index (χ0) is 32.9. The number of carbonyl (C=O) groups excluding carboxylic acids is 2. The standard InChI is InChI=1S/C34H58N4O5S/c1-23(2)20-35-30(34(6,7)44(8,42)43)32(41)36-27(18-24-14-10-9-11-15-24)29(39)22-38-21-26-17-13-12-16-25(26)19-28(38)31(40)37-33(3,4)5/h9-11,14-15,23,25-30,35,39H,12-13,16-22H2,1-8H3,(H,36,41)(H,37,40)/t25-,26+,27?,28?,29?,30+/m0/s1. The zero-order valence-electron chi connectivity index (χ0n) is 28.2. The Morgan fingerprint density at radius 3 is 2.20 bits per heavy atom. The molecule has 1 aliphatic carbocycles. The third-order valence-corrected chi connectivity index (χ3v) is 11.6. The number of amides is 2. The van der Waals surface area contributed by atoms with Crippen LogP contribution in [-0.2, 0) is 25.8 Å². The molecule has 3 unspecified atom stereocenters. The Hall–Kier alpha value is -2.01. The Labute approximate surface area is 266 Å². The maximum absolute atomic E-state index is 13.9. The lowest BCUT2D eigenvalue weighted by Gasteiger charge is -2.47. The fourth-order valence-electron chi connectivity index (χ4n) is 6.63. The molecule has 10 heteroatoms. The van der Waals surface area contributed by atoms with Crippen molar-refractivity contribution in [3.63, 3.8) is 0 Å². The summed E-state index contributed by atoms with van der Waals surface area (Å²) in [5.74, 6) is 0.695. The molecule has 2 aliphatic rings. The van der Waals surface area contributed by atoms with Crippen molar-refractivity contribution in [1.29, 1.82) is 0 Å². The minimum atomic E-state index is -3.61. The van der Waals surface area contributed by atoms with Gasteiger partial charge in [-0.25, -0.2) is 8.42 Å². The molecule has 0 spiro atoms. The highest BCUT2D eigenvalue weighted by Crippen LogP contribution is 2.39. The van der Waals surface area contributed by atoms with E-state index < -0.39 is 38.7 Å². The first-order chi connectivity index (χ1) is 20.4. The Bertz CT molecular complexity index is 1200. The Balaban J connectivity index is 1.90. The van der Waals surface area contributed by atoms with Crippen LogP contribution in [0.3, 0.4) is 0 Å². The fraction of sp³-hybridized carbons (Fsp3) is 0.765. The molecule has 3 rings (SSSR count). The molecule has 1 heterocycles. The fourth-order valence-corrected chi connectivity index (χ4v) is 7.25. The van der Waals surface area contributed by atoms with Crippen LogP contribution in [0.4, 0.5) is 0 Å². The van der Waals surface area contributed by atoms with Gasteiger partial charge in [0.05, 0.1) is 22.9 Å². The minimum absolute atomic E-state index is 0.0229. The number of aliphatic hydroxyl groups excluding tert-OH is 1. The Morgan fingerprint density at radius 1 is 1.02 bits per heavy atom. The molecule has 6 atom stereocenters. The van der Waals surface area contributed by atoms with Gasteiger partial charge in [0.2, 0.25) is 11.8 Å². The SMILES string of the molecule is CC(C)CN[C@H](C(=O)NC(Cc1ccccc1)C(O)CN1C[C@H]2CCCC[C@H]2CC1C(=O)NC(C)(C)C)C(C)(C)S(C)(=O)=O. The van der Waals surface area contributed by atoms with Crippen molar-refractivity contribution >= 4 is 21.7 Å². The van der Waals surface area contributed by atoms with Gasteiger partial charge < -0.3 is 21.1 Å². The Morgan fingerprint density at radius 2 is 1.64 bits per heavy atom. The summed E-state index contributed by atoms with van der Waals surface area (Å²) in [6, 6.07) is 7.58. The van der Waals surface area contributed by atoms with E-state index in [4.69, 9.17) is 0 Å². The van der Waals surface area contributed by atoms with E-state index in [-0.39, 0.29) is 30.0 Å². The van der Waals surface area contributed by atoms with E-state index in [0.717, 1.165) is 37.6 Å². The molecule has 0 aromatic heterocycles. The number of benzene rings is 1. The van der Waals surface area contributed by atoms with Gasteiger partial charge in [-0.3, -0.25) is 14.5 Å². The monoisotopic (exact) mass is 634 g/mol. The minimum Gasteiger partial charge on any atom is -0.390 e. The van der Waals surface area contributed by atoms with Gasteiger partial charge in [-0.2, -0.15) is 0 Å². The van der Waals surface area contributed by atoms with Crippen LogP contribution in [0.25, 0.3) is 0 Å². The Kier molecular flexibility index (Phi) is 12.5. The van der Waals surface area contributed by atoms with E-state index in [9.17, 15) is 23.1 Å². The molecule has 1 aromatic carbocycles. The molecule has 1 saturated carbocycles. The van der Waals surface area contributed by atoms with E-state index in [2.05, 4.69) is 20.9 Å². The van der Waals surface area contributed by atoms with E-state index in [1.165, 1.54) is 12.8 Å². The number of nitrogens with one attached hydrogen (secondary N) is 3. The topological polar surface area (TPSA) is 128 Å². The lowest BCUT2D eigenvalue weighted by atomic mass is 9.72. The molecule has 1 aromatic rings. The van der Waals surface area contributed by atoms with Crippen LogP contribution in [0, 0.1) is 17.8 Å². The number of hydrogen-bond donors (Lipinski definition) is 4. The highest BCUT2D eigenvalue weighted by molar-refractivity contribution is 7.92. The largest absolute Gasteiger partial charge is 0.390 e. The van der Waals surface area contributed by atoms with Gasteiger partial charge in [0.15, 0.2) is 9.84 Å². The molecule has 44 heavy (non-hydrogen) atoms. The molecule has 4 N–H and O–H groups in total. The molecule has 2 amide bonds. The third kappa shape index (κ3) is 9.99. The van der Waals surface area contributed by atoms with Crippen LogP contribution in [0.1, 0.15) is 86.1 Å². The van der Waals surface area contributed by atoms with Gasteiger partial charge >= 0.3 is 0 Å². The van der Waals surface area contributed by atoms with E-state index in [1.54, 1.807) is 13.8 Å². The maximum atomic E-state index is 13.9. The molecule has 0 bridgehead atoms. The first kappa shape index (κ1) is 36.5. The molecule has 9 nitrogen and oxygen atoms in total. The summed E-state index contributed by atoms with van der Waals surface area (Å²) in [6.07, 6.45) is 5.92. The maximum Gasteiger partial charge on any atom is 0.239 e.